The maximum atomic E-state index is 12.3. The number of carboxylic acids is 1. The highest BCUT2D eigenvalue weighted by Crippen LogP contribution is 2.26. The van der Waals surface area contributed by atoms with Gasteiger partial charge in [-0.25, -0.2) is 9.59 Å². The molecule has 21 heavy (non-hydrogen) atoms. The fourth-order valence-electron chi connectivity index (χ4n) is 2.64. The molecule has 8 nitrogen and oxygen atoms in total. The third kappa shape index (κ3) is 3.63. The SMILES string of the molecule is CC(=O)N1CCN(C(=O)N2CC(C)(OCC(=O)O)C2)CC1. The van der Waals surface area contributed by atoms with Crippen LogP contribution >= 0.6 is 0 Å². The Labute approximate surface area is 123 Å². The van der Waals surface area contributed by atoms with E-state index < -0.39 is 11.6 Å². The Bertz CT molecular complexity index is 439. The van der Waals surface area contributed by atoms with Crippen LogP contribution in [0.15, 0.2) is 0 Å². The summed E-state index contributed by atoms with van der Waals surface area (Å²) in [5.74, 6) is -0.984. The first-order valence-corrected chi connectivity index (χ1v) is 6.96. The van der Waals surface area contributed by atoms with E-state index in [1.165, 1.54) is 6.92 Å². The summed E-state index contributed by atoms with van der Waals surface area (Å²) >= 11 is 0. The first-order valence-electron chi connectivity index (χ1n) is 6.96. The summed E-state index contributed by atoms with van der Waals surface area (Å²) in [5, 5.41) is 8.60. The van der Waals surface area contributed by atoms with Gasteiger partial charge in [0.1, 0.15) is 12.2 Å². The van der Waals surface area contributed by atoms with Crippen molar-refractivity contribution in [2.45, 2.75) is 19.4 Å². The normalized spacial score (nSPS) is 21.0. The number of piperazine rings is 1. The largest absolute Gasteiger partial charge is 0.480 e. The lowest BCUT2D eigenvalue weighted by molar-refractivity contribution is -0.160. The van der Waals surface area contributed by atoms with E-state index in [0.717, 1.165) is 0 Å². The zero-order valence-corrected chi connectivity index (χ0v) is 12.4. The molecule has 8 heteroatoms. The van der Waals surface area contributed by atoms with E-state index in [-0.39, 0.29) is 18.5 Å². The second-order valence-electron chi connectivity index (χ2n) is 5.76. The minimum absolute atomic E-state index is 0.0284. The highest BCUT2D eigenvalue weighted by atomic mass is 16.5. The van der Waals surface area contributed by atoms with E-state index >= 15 is 0 Å². The quantitative estimate of drug-likeness (QED) is 0.755. The van der Waals surface area contributed by atoms with Crippen molar-refractivity contribution in [3.8, 4) is 0 Å². The van der Waals surface area contributed by atoms with Crippen molar-refractivity contribution < 1.29 is 24.2 Å². The average molecular weight is 299 g/mol. The van der Waals surface area contributed by atoms with Gasteiger partial charge < -0.3 is 24.5 Å². The second kappa shape index (κ2) is 5.88. The zero-order chi connectivity index (χ0) is 15.6. The zero-order valence-electron chi connectivity index (χ0n) is 12.4. The highest BCUT2D eigenvalue weighted by molar-refractivity contribution is 5.77. The van der Waals surface area contributed by atoms with Crippen LogP contribution in [0.4, 0.5) is 4.79 Å². The highest BCUT2D eigenvalue weighted by Gasteiger charge is 2.44. The Hall–Kier alpha value is -1.83. The molecular formula is C13H21N3O5. The maximum Gasteiger partial charge on any atom is 0.329 e. The van der Waals surface area contributed by atoms with Crippen LogP contribution in [0.5, 0.6) is 0 Å². The Kier molecular flexibility index (Phi) is 4.36. The van der Waals surface area contributed by atoms with E-state index in [9.17, 15) is 14.4 Å². The lowest BCUT2D eigenvalue weighted by atomic mass is 9.97. The van der Waals surface area contributed by atoms with Crippen LogP contribution < -0.4 is 0 Å². The number of carboxylic acid groups (broad SMARTS) is 1. The first kappa shape index (κ1) is 15.6. The molecule has 2 aliphatic heterocycles. The summed E-state index contributed by atoms with van der Waals surface area (Å²) in [7, 11) is 0. The molecule has 2 fully saturated rings. The number of rotatable bonds is 3. The lowest BCUT2D eigenvalue weighted by Crippen LogP contribution is -2.66. The molecule has 0 radical (unpaired) electrons. The van der Waals surface area contributed by atoms with Crippen LogP contribution in [-0.2, 0) is 14.3 Å². The lowest BCUT2D eigenvalue weighted by Gasteiger charge is -2.49. The molecular weight excluding hydrogens is 278 g/mol. The van der Waals surface area contributed by atoms with Crippen LogP contribution in [-0.4, -0.2) is 89.2 Å². The van der Waals surface area contributed by atoms with Crippen molar-refractivity contribution in [3.05, 3.63) is 0 Å². The Morgan fingerprint density at radius 1 is 1.05 bits per heavy atom. The van der Waals surface area contributed by atoms with Crippen molar-refractivity contribution in [3.63, 3.8) is 0 Å². The van der Waals surface area contributed by atoms with Crippen LogP contribution in [0.1, 0.15) is 13.8 Å². The standard InChI is InChI=1S/C13H21N3O5/c1-10(17)14-3-5-15(6-4-14)12(20)16-8-13(2,9-16)21-7-11(18)19/h3-9H2,1-2H3,(H,18,19). The number of ether oxygens (including phenoxy) is 1. The van der Waals surface area contributed by atoms with Gasteiger partial charge in [-0.2, -0.15) is 0 Å². The number of urea groups is 1. The fraction of sp³-hybridized carbons (Fsp3) is 0.769. The number of aliphatic carboxylic acids is 1. The molecule has 0 unspecified atom stereocenters. The van der Waals surface area contributed by atoms with Crippen molar-refractivity contribution in [1.82, 2.24) is 14.7 Å². The monoisotopic (exact) mass is 299 g/mol. The molecule has 0 spiro atoms. The van der Waals surface area contributed by atoms with Crippen molar-refractivity contribution in [2.75, 3.05) is 45.9 Å². The second-order valence-corrected chi connectivity index (χ2v) is 5.76. The predicted molar refractivity (Wildman–Crippen MR) is 72.8 cm³/mol. The van der Waals surface area contributed by atoms with Crippen molar-refractivity contribution >= 4 is 17.9 Å². The number of carbonyl (C=O) groups is 3. The third-order valence-corrected chi connectivity index (χ3v) is 3.86. The molecule has 2 heterocycles. The molecule has 0 saturated carbocycles. The summed E-state index contributed by atoms with van der Waals surface area (Å²) in [4.78, 5) is 39.1. The van der Waals surface area contributed by atoms with Crippen LogP contribution in [0, 0.1) is 0 Å². The van der Waals surface area contributed by atoms with Crippen molar-refractivity contribution in [2.24, 2.45) is 0 Å². The summed E-state index contributed by atoms with van der Waals surface area (Å²) in [6.45, 7) is 5.94. The number of hydrogen-bond donors (Lipinski definition) is 1. The minimum atomic E-state index is -1.01. The Morgan fingerprint density at radius 2 is 1.57 bits per heavy atom. The van der Waals surface area contributed by atoms with E-state index in [2.05, 4.69) is 0 Å². The molecule has 0 aromatic carbocycles. The van der Waals surface area contributed by atoms with Crippen molar-refractivity contribution in [1.29, 1.82) is 0 Å². The third-order valence-electron chi connectivity index (χ3n) is 3.86. The average Bonchev–Trinajstić information content (AvgIpc) is 2.41. The Balaban J connectivity index is 1.76. The molecule has 0 bridgehead atoms. The fourth-order valence-corrected chi connectivity index (χ4v) is 2.64. The van der Waals surface area contributed by atoms with Crippen LogP contribution in [0.2, 0.25) is 0 Å². The van der Waals surface area contributed by atoms with Gasteiger partial charge >= 0.3 is 12.0 Å². The topological polar surface area (TPSA) is 90.4 Å². The first-order chi connectivity index (χ1) is 9.81. The number of nitrogens with zero attached hydrogens (tertiary/aromatic N) is 3. The molecule has 0 aromatic rings. The molecule has 2 rings (SSSR count). The van der Waals surface area contributed by atoms with Gasteiger partial charge in [-0.1, -0.05) is 0 Å². The number of amides is 3. The smallest absolute Gasteiger partial charge is 0.329 e. The molecule has 118 valence electrons. The summed E-state index contributed by atoms with van der Waals surface area (Å²) < 4.78 is 5.28. The molecule has 0 aromatic heterocycles. The van der Waals surface area contributed by atoms with Gasteiger partial charge in [0.25, 0.3) is 0 Å². The van der Waals surface area contributed by atoms with Crippen LogP contribution in [0.3, 0.4) is 0 Å². The summed E-state index contributed by atoms with van der Waals surface area (Å²) in [6, 6.07) is -0.0744. The Morgan fingerprint density at radius 3 is 2.05 bits per heavy atom. The van der Waals surface area contributed by atoms with Crippen LogP contribution in [0.25, 0.3) is 0 Å². The molecule has 3 amide bonds. The molecule has 0 atom stereocenters. The maximum absolute atomic E-state index is 12.3. The predicted octanol–water partition coefficient (Wildman–Crippen LogP) is -0.554. The number of likely N-dealkylation sites (tertiary alicyclic amines) is 1. The minimum Gasteiger partial charge on any atom is -0.480 e. The van der Waals surface area contributed by atoms with Gasteiger partial charge in [-0.05, 0) is 6.92 Å². The van der Waals surface area contributed by atoms with E-state index in [4.69, 9.17) is 9.84 Å². The molecule has 1 N–H and O–H groups in total. The van der Waals surface area contributed by atoms with E-state index in [1.807, 2.05) is 0 Å². The number of carbonyl (C=O) groups excluding carboxylic acids is 2. The molecule has 2 aliphatic rings. The van der Waals surface area contributed by atoms with Gasteiger partial charge in [-0.15, -0.1) is 0 Å². The molecule has 2 saturated heterocycles. The van der Waals surface area contributed by atoms with Gasteiger partial charge in [0.05, 0.1) is 13.1 Å². The van der Waals surface area contributed by atoms with Gasteiger partial charge in [0.2, 0.25) is 5.91 Å². The van der Waals surface area contributed by atoms with E-state index in [1.54, 1.807) is 21.6 Å². The number of hydrogen-bond acceptors (Lipinski definition) is 4. The van der Waals surface area contributed by atoms with E-state index in [0.29, 0.717) is 39.3 Å². The van der Waals surface area contributed by atoms with Gasteiger partial charge in [-0.3, -0.25) is 4.79 Å². The summed E-state index contributed by atoms with van der Waals surface area (Å²) in [6.07, 6.45) is 0. The summed E-state index contributed by atoms with van der Waals surface area (Å²) in [5.41, 5.74) is -0.574. The molecule has 0 aliphatic carbocycles. The van der Waals surface area contributed by atoms with Gasteiger partial charge in [0.15, 0.2) is 0 Å². The van der Waals surface area contributed by atoms with Gasteiger partial charge in [0, 0.05) is 33.1 Å².